The van der Waals surface area contributed by atoms with Crippen LogP contribution < -0.4 is 0 Å². The van der Waals surface area contributed by atoms with Crippen LogP contribution in [0.25, 0.3) is 0 Å². The summed E-state index contributed by atoms with van der Waals surface area (Å²) in [4.78, 5) is 11.6. The maximum atomic E-state index is 11.6. The summed E-state index contributed by atoms with van der Waals surface area (Å²) in [5.74, 6) is 5.21. The zero-order valence-electron chi connectivity index (χ0n) is 22.1. The van der Waals surface area contributed by atoms with Gasteiger partial charge in [0.15, 0.2) is 0 Å². The number of hydrogen-bond donors (Lipinski definition) is 0. The number of rotatable bonds is 6. The minimum absolute atomic E-state index is 0.106. The molecule has 0 aromatic carbocycles. The molecule has 0 heterocycles. The van der Waals surface area contributed by atoms with Gasteiger partial charge in [-0.1, -0.05) is 72.5 Å². The molecule has 32 heavy (non-hydrogen) atoms. The van der Waals surface area contributed by atoms with Crippen molar-refractivity contribution in [2.75, 3.05) is 0 Å². The molecule has 0 unspecified atom stereocenters. The normalized spacial score (nSPS) is 44.3. The molecule has 0 spiro atoms. The van der Waals surface area contributed by atoms with Crippen LogP contribution in [0.15, 0.2) is 11.6 Å². The largest absolute Gasteiger partial charge is 0.462 e. The standard InChI is InChI=1S/C30H50O2/c1-19(2)9-8-10-20(3)24-13-14-26-23-11-12-25-21(4)28(32-22(5)31)16-18-30(25,7)27(23)15-17-29(24,26)6/h11,19-21,24-28H,8-10,12-18H2,1-7H3/t20-,21+,24-,25-,26+,27+,28+,29-,30+/m1/s1. The van der Waals surface area contributed by atoms with E-state index in [0.29, 0.717) is 22.7 Å². The molecule has 4 aliphatic rings. The molecule has 4 aliphatic carbocycles. The van der Waals surface area contributed by atoms with Crippen molar-refractivity contribution in [2.45, 2.75) is 119 Å². The Bertz CT molecular complexity index is 722. The maximum absolute atomic E-state index is 11.6. The molecule has 4 rings (SSSR count). The van der Waals surface area contributed by atoms with Crippen molar-refractivity contribution in [3.63, 3.8) is 0 Å². The minimum Gasteiger partial charge on any atom is -0.462 e. The van der Waals surface area contributed by atoms with Gasteiger partial charge in [-0.2, -0.15) is 0 Å². The van der Waals surface area contributed by atoms with Gasteiger partial charge in [0.05, 0.1) is 0 Å². The summed E-state index contributed by atoms with van der Waals surface area (Å²) in [6, 6.07) is 0. The predicted octanol–water partition coefficient (Wildman–Crippen LogP) is 8.21. The van der Waals surface area contributed by atoms with Gasteiger partial charge < -0.3 is 4.74 Å². The molecule has 0 N–H and O–H groups in total. The lowest BCUT2D eigenvalue weighted by Gasteiger charge is -2.59. The van der Waals surface area contributed by atoms with Crippen LogP contribution in [0.4, 0.5) is 0 Å². The van der Waals surface area contributed by atoms with Crippen molar-refractivity contribution in [1.29, 1.82) is 0 Å². The van der Waals surface area contributed by atoms with E-state index in [2.05, 4.69) is 47.6 Å². The summed E-state index contributed by atoms with van der Waals surface area (Å²) in [5, 5.41) is 0. The summed E-state index contributed by atoms with van der Waals surface area (Å²) in [6.07, 6.45) is 16.2. The summed E-state index contributed by atoms with van der Waals surface area (Å²) in [6.45, 7) is 16.5. The molecule has 3 fully saturated rings. The van der Waals surface area contributed by atoms with E-state index in [1.807, 2.05) is 5.57 Å². The highest BCUT2D eigenvalue weighted by molar-refractivity contribution is 5.66. The molecule has 9 atom stereocenters. The fraction of sp³-hybridized carbons (Fsp3) is 0.900. The molecule has 0 amide bonds. The highest BCUT2D eigenvalue weighted by Gasteiger charge is 2.59. The number of hydrogen-bond acceptors (Lipinski definition) is 2. The van der Waals surface area contributed by atoms with E-state index in [1.54, 1.807) is 6.92 Å². The van der Waals surface area contributed by atoms with E-state index < -0.39 is 0 Å². The molecule has 2 nitrogen and oxygen atoms in total. The average molecular weight is 443 g/mol. The average Bonchev–Trinajstić information content (AvgIpc) is 3.07. The molecular formula is C30H50O2. The van der Waals surface area contributed by atoms with Gasteiger partial charge in [-0.3, -0.25) is 4.79 Å². The van der Waals surface area contributed by atoms with Crippen LogP contribution >= 0.6 is 0 Å². The Hall–Kier alpha value is -0.790. The zero-order chi connectivity index (χ0) is 23.3. The zero-order valence-corrected chi connectivity index (χ0v) is 22.1. The molecular weight excluding hydrogens is 392 g/mol. The third-order valence-corrected chi connectivity index (χ3v) is 11.1. The number of carbonyl (C=O) groups excluding carboxylic acids is 1. The minimum atomic E-state index is -0.106. The molecule has 0 aromatic rings. The van der Waals surface area contributed by atoms with Gasteiger partial charge in [0.25, 0.3) is 0 Å². The van der Waals surface area contributed by atoms with E-state index in [-0.39, 0.29) is 12.1 Å². The number of esters is 1. The molecule has 2 heteroatoms. The fourth-order valence-corrected chi connectivity index (χ4v) is 9.33. The predicted molar refractivity (Wildman–Crippen MR) is 133 cm³/mol. The van der Waals surface area contributed by atoms with Crippen LogP contribution in [0, 0.1) is 52.3 Å². The van der Waals surface area contributed by atoms with E-state index in [4.69, 9.17) is 4.74 Å². The van der Waals surface area contributed by atoms with Crippen LogP contribution in [0.3, 0.4) is 0 Å². The van der Waals surface area contributed by atoms with Crippen molar-refractivity contribution in [2.24, 2.45) is 52.3 Å². The summed E-state index contributed by atoms with van der Waals surface area (Å²) < 4.78 is 5.75. The fourth-order valence-electron chi connectivity index (χ4n) is 9.33. The van der Waals surface area contributed by atoms with E-state index in [9.17, 15) is 4.79 Å². The number of allylic oxidation sites excluding steroid dienone is 2. The van der Waals surface area contributed by atoms with Crippen molar-refractivity contribution < 1.29 is 9.53 Å². The van der Waals surface area contributed by atoms with Crippen LogP contribution in [0.5, 0.6) is 0 Å². The topological polar surface area (TPSA) is 26.3 Å². The number of carbonyl (C=O) groups is 1. The van der Waals surface area contributed by atoms with E-state index in [0.717, 1.165) is 36.0 Å². The smallest absolute Gasteiger partial charge is 0.302 e. The molecule has 0 aliphatic heterocycles. The third kappa shape index (κ3) is 4.11. The lowest BCUT2D eigenvalue weighted by molar-refractivity contribution is -0.158. The highest BCUT2D eigenvalue weighted by Crippen LogP contribution is 2.67. The Balaban J connectivity index is 1.50. The second-order valence-electron chi connectivity index (χ2n) is 13.2. The lowest BCUT2D eigenvalue weighted by Crippen LogP contribution is -2.53. The quantitative estimate of drug-likeness (QED) is 0.306. The second kappa shape index (κ2) is 9.10. The molecule has 0 aromatic heterocycles. The van der Waals surface area contributed by atoms with Crippen molar-refractivity contribution in [3.8, 4) is 0 Å². The first-order valence-electron chi connectivity index (χ1n) is 13.9. The monoisotopic (exact) mass is 442 g/mol. The highest BCUT2D eigenvalue weighted by atomic mass is 16.5. The summed E-state index contributed by atoms with van der Waals surface area (Å²) >= 11 is 0. The van der Waals surface area contributed by atoms with Gasteiger partial charge >= 0.3 is 5.97 Å². The first kappa shape index (κ1) is 24.3. The third-order valence-electron chi connectivity index (χ3n) is 11.1. The molecule has 3 saturated carbocycles. The van der Waals surface area contributed by atoms with Gasteiger partial charge in [-0.15, -0.1) is 0 Å². The van der Waals surface area contributed by atoms with Crippen LogP contribution in [0.1, 0.15) is 113 Å². The van der Waals surface area contributed by atoms with Crippen LogP contribution in [-0.2, 0) is 9.53 Å². The van der Waals surface area contributed by atoms with Gasteiger partial charge in [0.1, 0.15) is 6.10 Å². The Morgan fingerprint density at radius 3 is 2.41 bits per heavy atom. The van der Waals surface area contributed by atoms with Gasteiger partial charge in [0.2, 0.25) is 0 Å². The summed E-state index contributed by atoms with van der Waals surface area (Å²) in [5.41, 5.74) is 2.76. The van der Waals surface area contributed by atoms with Gasteiger partial charge in [-0.25, -0.2) is 0 Å². The molecule has 0 radical (unpaired) electrons. The Labute approximate surface area is 198 Å². The van der Waals surface area contributed by atoms with E-state index in [1.165, 1.54) is 57.8 Å². The SMILES string of the molecule is CC(=O)O[C@H]1CC[C@@]2(C)[C@H](CC=C3[C@@H]2CC[C@]2(C)[C@@H]([C@H](C)CCCC(C)C)CC[C@@H]32)[C@@H]1C. The molecule has 0 bridgehead atoms. The van der Waals surface area contributed by atoms with Crippen LogP contribution in [0.2, 0.25) is 0 Å². The van der Waals surface area contributed by atoms with Crippen molar-refractivity contribution in [3.05, 3.63) is 11.6 Å². The Morgan fingerprint density at radius 2 is 1.72 bits per heavy atom. The number of ether oxygens (including phenoxy) is 1. The summed E-state index contributed by atoms with van der Waals surface area (Å²) in [7, 11) is 0. The second-order valence-corrected chi connectivity index (χ2v) is 13.2. The van der Waals surface area contributed by atoms with Crippen LogP contribution in [-0.4, -0.2) is 12.1 Å². The first-order chi connectivity index (χ1) is 15.1. The molecule has 0 saturated heterocycles. The number of fused-ring (bicyclic) bond motifs is 5. The Kier molecular flexibility index (Phi) is 6.92. The van der Waals surface area contributed by atoms with Crippen molar-refractivity contribution in [1.82, 2.24) is 0 Å². The van der Waals surface area contributed by atoms with Gasteiger partial charge in [0, 0.05) is 6.92 Å². The molecule has 182 valence electrons. The Morgan fingerprint density at radius 1 is 1.03 bits per heavy atom. The maximum Gasteiger partial charge on any atom is 0.302 e. The first-order valence-corrected chi connectivity index (χ1v) is 13.9. The lowest BCUT2D eigenvalue weighted by atomic mass is 9.46. The van der Waals surface area contributed by atoms with E-state index >= 15 is 0 Å². The van der Waals surface area contributed by atoms with Crippen molar-refractivity contribution >= 4 is 5.97 Å². The van der Waals surface area contributed by atoms with Gasteiger partial charge in [-0.05, 0) is 97.2 Å².